The number of nitrogens with one attached hydrogen (secondary N) is 2. The van der Waals surface area contributed by atoms with Crippen LogP contribution in [-0.2, 0) is 13.1 Å². The number of H-pyrrole nitrogens is 1. The predicted molar refractivity (Wildman–Crippen MR) is 74.0 cm³/mol. The molecule has 5 nitrogen and oxygen atoms in total. The molecule has 0 amide bonds. The van der Waals surface area contributed by atoms with E-state index in [2.05, 4.69) is 45.1 Å². The summed E-state index contributed by atoms with van der Waals surface area (Å²) in [6.45, 7) is 7.11. The Bertz CT molecular complexity index is 554. The molecule has 0 aromatic carbocycles. The molecule has 0 bridgehead atoms. The molecule has 3 rings (SSSR count). The summed E-state index contributed by atoms with van der Waals surface area (Å²) in [5.74, 6) is 1.79. The highest BCUT2D eigenvalue weighted by molar-refractivity contribution is 5.14. The lowest BCUT2D eigenvalue weighted by Crippen LogP contribution is -2.26. The molecule has 0 radical (unpaired) electrons. The van der Waals surface area contributed by atoms with Gasteiger partial charge in [-0.1, -0.05) is 0 Å². The van der Waals surface area contributed by atoms with Crippen molar-refractivity contribution in [3.63, 3.8) is 0 Å². The molecule has 5 heteroatoms. The Kier molecular flexibility index (Phi) is 3.38. The molecule has 102 valence electrons. The van der Waals surface area contributed by atoms with E-state index < -0.39 is 0 Å². The molecule has 1 aliphatic heterocycles. The molecular weight excluding hydrogens is 238 g/mol. The average Bonchev–Trinajstić information content (AvgIpc) is 2.95. The largest absolute Gasteiger partial charge is 0.334 e. The molecule has 0 spiro atoms. The Labute approximate surface area is 113 Å². The van der Waals surface area contributed by atoms with E-state index in [0.717, 1.165) is 31.0 Å². The van der Waals surface area contributed by atoms with Crippen LogP contribution in [0.15, 0.2) is 12.4 Å². The summed E-state index contributed by atoms with van der Waals surface area (Å²) in [6, 6.07) is 0. The fourth-order valence-electron chi connectivity index (χ4n) is 2.84. The van der Waals surface area contributed by atoms with Gasteiger partial charge in [0.1, 0.15) is 5.82 Å². The van der Waals surface area contributed by atoms with Gasteiger partial charge in [0.15, 0.2) is 0 Å². The molecule has 0 unspecified atom stereocenters. The molecule has 2 aromatic heterocycles. The van der Waals surface area contributed by atoms with Gasteiger partial charge in [0.25, 0.3) is 0 Å². The lowest BCUT2D eigenvalue weighted by atomic mass is 9.99. The van der Waals surface area contributed by atoms with Gasteiger partial charge in [-0.15, -0.1) is 0 Å². The molecule has 0 fully saturated rings. The normalized spacial score (nSPS) is 18.5. The number of aromatic amines is 1. The standard InChI is InChI=1S/C14H21N5/c1-10-9-19-5-3-4-12(14(19)17-10)6-15-7-13-8-16-18-11(13)2/h8-9,12,15H,3-7H2,1-2H3,(H,16,18)/t12-/m0/s1. The summed E-state index contributed by atoms with van der Waals surface area (Å²) in [5.41, 5.74) is 3.52. The van der Waals surface area contributed by atoms with Crippen molar-refractivity contribution >= 4 is 0 Å². The van der Waals surface area contributed by atoms with E-state index in [-0.39, 0.29) is 0 Å². The van der Waals surface area contributed by atoms with Gasteiger partial charge in [0.2, 0.25) is 0 Å². The molecule has 2 N–H and O–H groups in total. The van der Waals surface area contributed by atoms with Gasteiger partial charge in [-0.2, -0.15) is 5.10 Å². The van der Waals surface area contributed by atoms with Crippen molar-refractivity contribution in [1.82, 2.24) is 25.1 Å². The number of aryl methyl sites for hydroxylation is 3. The summed E-state index contributed by atoms with van der Waals surface area (Å²) < 4.78 is 2.31. The topological polar surface area (TPSA) is 58.5 Å². The Morgan fingerprint density at radius 3 is 3.16 bits per heavy atom. The minimum Gasteiger partial charge on any atom is -0.334 e. The highest BCUT2D eigenvalue weighted by atomic mass is 15.1. The zero-order valence-electron chi connectivity index (χ0n) is 11.6. The molecule has 2 aromatic rings. The lowest BCUT2D eigenvalue weighted by molar-refractivity contribution is 0.423. The van der Waals surface area contributed by atoms with Crippen LogP contribution in [0.3, 0.4) is 0 Å². The first-order valence-corrected chi connectivity index (χ1v) is 6.97. The van der Waals surface area contributed by atoms with Gasteiger partial charge in [-0.05, 0) is 26.7 Å². The molecule has 1 atom stereocenters. The van der Waals surface area contributed by atoms with Gasteiger partial charge < -0.3 is 9.88 Å². The van der Waals surface area contributed by atoms with E-state index in [1.54, 1.807) is 0 Å². The lowest BCUT2D eigenvalue weighted by Gasteiger charge is -2.23. The first kappa shape index (κ1) is 12.4. The van der Waals surface area contributed by atoms with E-state index in [9.17, 15) is 0 Å². The number of hydrogen-bond donors (Lipinski definition) is 2. The van der Waals surface area contributed by atoms with Crippen LogP contribution in [-0.4, -0.2) is 26.3 Å². The zero-order chi connectivity index (χ0) is 13.2. The van der Waals surface area contributed by atoms with Crippen LogP contribution in [0.25, 0.3) is 0 Å². The molecule has 0 aliphatic carbocycles. The van der Waals surface area contributed by atoms with Crippen LogP contribution >= 0.6 is 0 Å². The van der Waals surface area contributed by atoms with Crippen molar-refractivity contribution in [2.24, 2.45) is 0 Å². The molecule has 0 saturated carbocycles. The van der Waals surface area contributed by atoms with Crippen LogP contribution in [0.2, 0.25) is 0 Å². The maximum absolute atomic E-state index is 4.67. The minimum atomic E-state index is 0.537. The SMILES string of the molecule is Cc1cn2c(n1)[C@H](CNCc1cn[nH]c1C)CCC2. The number of nitrogens with zero attached hydrogens (tertiary/aromatic N) is 3. The highest BCUT2D eigenvalue weighted by Crippen LogP contribution is 2.26. The van der Waals surface area contributed by atoms with E-state index in [1.165, 1.54) is 24.2 Å². The summed E-state index contributed by atoms with van der Waals surface area (Å²) >= 11 is 0. The van der Waals surface area contributed by atoms with Crippen molar-refractivity contribution < 1.29 is 0 Å². The number of imidazole rings is 1. The summed E-state index contributed by atoms with van der Waals surface area (Å²) in [7, 11) is 0. The third-order valence-electron chi connectivity index (χ3n) is 3.89. The van der Waals surface area contributed by atoms with Gasteiger partial charge >= 0.3 is 0 Å². The summed E-state index contributed by atoms with van der Waals surface area (Å²) in [6.07, 6.45) is 6.55. The molecule has 3 heterocycles. The number of aromatic nitrogens is 4. The first-order valence-electron chi connectivity index (χ1n) is 6.97. The van der Waals surface area contributed by atoms with Gasteiger partial charge in [-0.25, -0.2) is 4.98 Å². The van der Waals surface area contributed by atoms with Crippen LogP contribution in [0, 0.1) is 13.8 Å². The fourth-order valence-corrected chi connectivity index (χ4v) is 2.84. The first-order chi connectivity index (χ1) is 9.24. The monoisotopic (exact) mass is 259 g/mol. The Balaban J connectivity index is 1.60. The van der Waals surface area contributed by atoms with Crippen LogP contribution < -0.4 is 5.32 Å². The minimum absolute atomic E-state index is 0.537. The van der Waals surface area contributed by atoms with E-state index in [0.29, 0.717) is 5.92 Å². The number of rotatable bonds is 4. The molecule has 19 heavy (non-hydrogen) atoms. The second-order valence-electron chi connectivity index (χ2n) is 5.42. The zero-order valence-corrected chi connectivity index (χ0v) is 11.6. The van der Waals surface area contributed by atoms with Crippen molar-refractivity contribution in [3.05, 3.63) is 35.2 Å². The predicted octanol–water partition coefficient (Wildman–Crippen LogP) is 1.89. The quantitative estimate of drug-likeness (QED) is 0.881. The maximum atomic E-state index is 4.67. The molecular formula is C14H21N5. The average molecular weight is 259 g/mol. The van der Waals surface area contributed by atoms with Crippen LogP contribution in [0.1, 0.15) is 41.5 Å². The Morgan fingerprint density at radius 2 is 2.37 bits per heavy atom. The van der Waals surface area contributed by atoms with Crippen molar-refractivity contribution in [2.75, 3.05) is 6.54 Å². The van der Waals surface area contributed by atoms with Gasteiger partial charge in [-0.3, -0.25) is 5.10 Å². The van der Waals surface area contributed by atoms with E-state index in [1.807, 2.05) is 6.20 Å². The Morgan fingerprint density at radius 1 is 1.47 bits per heavy atom. The second-order valence-corrected chi connectivity index (χ2v) is 5.42. The summed E-state index contributed by atoms with van der Waals surface area (Å²) in [5, 5.41) is 10.5. The van der Waals surface area contributed by atoms with Crippen LogP contribution in [0.5, 0.6) is 0 Å². The molecule has 0 saturated heterocycles. The third-order valence-corrected chi connectivity index (χ3v) is 3.89. The second kappa shape index (κ2) is 5.17. The highest BCUT2D eigenvalue weighted by Gasteiger charge is 2.21. The molecule has 1 aliphatic rings. The number of fused-ring (bicyclic) bond motifs is 1. The fraction of sp³-hybridized carbons (Fsp3) is 0.571. The van der Waals surface area contributed by atoms with Gasteiger partial charge in [0, 0.05) is 43.0 Å². The van der Waals surface area contributed by atoms with Gasteiger partial charge in [0.05, 0.1) is 11.9 Å². The van der Waals surface area contributed by atoms with E-state index >= 15 is 0 Å². The maximum Gasteiger partial charge on any atom is 0.113 e. The number of hydrogen-bond acceptors (Lipinski definition) is 3. The smallest absolute Gasteiger partial charge is 0.113 e. The van der Waals surface area contributed by atoms with Crippen LogP contribution in [0.4, 0.5) is 0 Å². The van der Waals surface area contributed by atoms with Crippen molar-refractivity contribution in [1.29, 1.82) is 0 Å². The van der Waals surface area contributed by atoms with Crippen molar-refractivity contribution in [3.8, 4) is 0 Å². The van der Waals surface area contributed by atoms with Crippen molar-refractivity contribution in [2.45, 2.75) is 45.7 Å². The van der Waals surface area contributed by atoms with E-state index in [4.69, 9.17) is 0 Å². The third kappa shape index (κ3) is 2.56. The Hall–Kier alpha value is -1.62. The summed E-state index contributed by atoms with van der Waals surface area (Å²) in [4.78, 5) is 4.67.